The van der Waals surface area contributed by atoms with Crippen LogP contribution >= 0.6 is 0 Å². The van der Waals surface area contributed by atoms with Crippen molar-refractivity contribution in [1.29, 1.82) is 0 Å². The molecule has 0 fully saturated rings. The second-order valence-electron chi connectivity index (χ2n) is 6.28. The van der Waals surface area contributed by atoms with Gasteiger partial charge in [0.1, 0.15) is 5.82 Å². The first kappa shape index (κ1) is 17.1. The van der Waals surface area contributed by atoms with Gasteiger partial charge in [-0.1, -0.05) is 27.7 Å². The van der Waals surface area contributed by atoms with Gasteiger partial charge < -0.3 is 10.6 Å². The van der Waals surface area contributed by atoms with Gasteiger partial charge in [-0.15, -0.1) is 20.4 Å². The van der Waals surface area contributed by atoms with Crippen LogP contribution < -0.4 is 10.6 Å². The van der Waals surface area contributed by atoms with E-state index >= 15 is 0 Å². The molecule has 0 spiro atoms. The fraction of sp³-hybridized carbons (Fsp3) is 0.471. The second kappa shape index (κ2) is 7.42. The van der Waals surface area contributed by atoms with E-state index in [1.165, 1.54) is 0 Å². The second-order valence-corrected chi connectivity index (χ2v) is 6.28. The zero-order valence-electron chi connectivity index (χ0n) is 15.1. The molecule has 8 nitrogen and oxygen atoms in total. The van der Waals surface area contributed by atoms with Crippen molar-refractivity contribution in [1.82, 2.24) is 30.0 Å². The van der Waals surface area contributed by atoms with Crippen LogP contribution in [0.4, 0.5) is 17.3 Å². The number of nitrogens with zero attached hydrogens (tertiary/aromatic N) is 6. The molecule has 0 bridgehead atoms. The Labute approximate surface area is 147 Å². The minimum absolute atomic E-state index is 0.218. The Morgan fingerprint density at radius 1 is 1.08 bits per heavy atom. The third-order valence-corrected chi connectivity index (χ3v) is 4.08. The molecule has 0 aliphatic carbocycles. The molecule has 132 valence electrons. The molecule has 25 heavy (non-hydrogen) atoms. The van der Waals surface area contributed by atoms with E-state index in [0.717, 1.165) is 30.2 Å². The molecule has 0 amide bonds. The van der Waals surface area contributed by atoms with Crippen molar-refractivity contribution >= 4 is 23.0 Å². The molecule has 0 saturated carbocycles. The predicted octanol–water partition coefficient (Wildman–Crippen LogP) is 3.38. The lowest BCUT2D eigenvalue weighted by Crippen LogP contribution is -2.19. The molecule has 0 atom stereocenters. The molecule has 3 rings (SSSR count). The first-order chi connectivity index (χ1) is 12.1. The SMILES string of the molecule is CCC(CC)Nc1cc(Nc2cccnn2)c2nnc(C(C)C)n2n1. The number of rotatable bonds is 7. The molecule has 0 aromatic carbocycles. The highest BCUT2D eigenvalue weighted by Gasteiger charge is 2.16. The van der Waals surface area contributed by atoms with E-state index in [-0.39, 0.29) is 5.92 Å². The molecule has 0 saturated heterocycles. The van der Waals surface area contributed by atoms with E-state index in [9.17, 15) is 0 Å². The molecule has 3 heterocycles. The van der Waals surface area contributed by atoms with Crippen molar-refractivity contribution in [3.63, 3.8) is 0 Å². The number of anilines is 3. The topological polar surface area (TPSA) is 92.9 Å². The molecular weight excluding hydrogens is 316 g/mol. The van der Waals surface area contributed by atoms with Gasteiger partial charge in [0.15, 0.2) is 11.6 Å². The lowest BCUT2D eigenvalue weighted by atomic mass is 10.2. The van der Waals surface area contributed by atoms with Crippen LogP contribution in [0, 0.1) is 0 Å². The van der Waals surface area contributed by atoms with Crippen molar-refractivity contribution in [2.75, 3.05) is 10.6 Å². The van der Waals surface area contributed by atoms with Crippen molar-refractivity contribution in [2.24, 2.45) is 0 Å². The zero-order valence-corrected chi connectivity index (χ0v) is 15.1. The Kier molecular flexibility index (Phi) is 5.06. The molecular formula is C17H24N8. The Morgan fingerprint density at radius 3 is 2.52 bits per heavy atom. The molecule has 3 aromatic rings. The normalized spacial score (nSPS) is 11.4. The Morgan fingerprint density at radius 2 is 1.88 bits per heavy atom. The number of hydrogen-bond donors (Lipinski definition) is 2. The predicted molar refractivity (Wildman–Crippen MR) is 98.2 cm³/mol. The summed E-state index contributed by atoms with van der Waals surface area (Å²) in [7, 11) is 0. The maximum atomic E-state index is 4.70. The van der Waals surface area contributed by atoms with E-state index in [1.807, 2.05) is 18.2 Å². The molecule has 0 aliphatic rings. The average molecular weight is 340 g/mol. The summed E-state index contributed by atoms with van der Waals surface area (Å²) >= 11 is 0. The van der Waals surface area contributed by atoms with Crippen molar-refractivity contribution in [3.05, 3.63) is 30.2 Å². The highest BCUT2D eigenvalue weighted by atomic mass is 15.4. The number of fused-ring (bicyclic) bond motifs is 1. The Hall–Kier alpha value is -2.77. The fourth-order valence-corrected chi connectivity index (χ4v) is 2.63. The lowest BCUT2D eigenvalue weighted by Gasteiger charge is -2.17. The number of nitrogens with one attached hydrogen (secondary N) is 2. The zero-order chi connectivity index (χ0) is 17.8. The molecule has 8 heteroatoms. The number of aromatic nitrogens is 6. The average Bonchev–Trinajstić information content (AvgIpc) is 3.05. The van der Waals surface area contributed by atoms with Crippen LogP contribution in [-0.4, -0.2) is 36.1 Å². The summed E-state index contributed by atoms with van der Waals surface area (Å²) in [5.74, 6) is 2.48. The van der Waals surface area contributed by atoms with Gasteiger partial charge in [0.05, 0.1) is 5.69 Å². The third kappa shape index (κ3) is 3.67. The monoisotopic (exact) mass is 340 g/mol. The van der Waals surface area contributed by atoms with E-state index in [4.69, 9.17) is 5.10 Å². The van der Waals surface area contributed by atoms with E-state index in [0.29, 0.717) is 17.5 Å². The standard InChI is InChI=1S/C17H24N8/c1-5-12(6-2)19-15-10-13(20-14-8-7-9-18-21-14)17-23-22-16(11(3)4)25(17)24-15/h7-12H,5-6H2,1-4H3,(H,19,24)(H,20,21). The Balaban J connectivity index is 2.06. The summed E-state index contributed by atoms with van der Waals surface area (Å²) in [4.78, 5) is 0. The van der Waals surface area contributed by atoms with Crippen LogP contribution in [0.15, 0.2) is 24.4 Å². The largest absolute Gasteiger partial charge is 0.366 e. The molecule has 2 N–H and O–H groups in total. The third-order valence-electron chi connectivity index (χ3n) is 4.08. The summed E-state index contributed by atoms with van der Waals surface area (Å²) in [6.45, 7) is 8.48. The van der Waals surface area contributed by atoms with Crippen LogP contribution in [0.25, 0.3) is 5.65 Å². The van der Waals surface area contributed by atoms with E-state index < -0.39 is 0 Å². The minimum atomic E-state index is 0.218. The molecule has 0 unspecified atom stereocenters. The van der Waals surface area contributed by atoms with Gasteiger partial charge in [-0.05, 0) is 25.0 Å². The minimum Gasteiger partial charge on any atom is -0.366 e. The first-order valence-electron chi connectivity index (χ1n) is 8.70. The molecule has 3 aromatic heterocycles. The highest BCUT2D eigenvalue weighted by molar-refractivity contribution is 5.74. The maximum Gasteiger partial charge on any atom is 0.201 e. The van der Waals surface area contributed by atoms with Crippen LogP contribution in [-0.2, 0) is 0 Å². The van der Waals surface area contributed by atoms with Gasteiger partial charge in [0.25, 0.3) is 0 Å². The van der Waals surface area contributed by atoms with Gasteiger partial charge in [-0.3, -0.25) is 0 Å². The summed E-state index contributed by atoms with van der Waals surface area (Å²) in [5.41, 5.74) is 1.47. The maximum absolute atomic E-state index is 4.70. The van der Waals surface area contributed by atoms with E-state index in [2.05, 4.69) is 58.7 Å². The summed E-state index contributed by atoms with van der Waals surface area (Å²) in [5, 5.41) is 28.1. The van der Waals surface area contributed by atoms with Gasteiger partial charge >= 0.3 is 0 Å². The van der Waals surface area contributed by atoms with Crippen molar-refractivity contribution in [2.45, 2.75) is 52.5 Å². The lowest BCUT2D eigenvalue weighted by molar-refractivity contribution is 0.661. The first-order valence-corrected chi connectivity index (χ1v) is 8.70. The van der Waals surface area contributed by atoms with Gasteiger partial charge in [0.2, 0.25) is 5.65 Å². The van der Waals surface area contributed by atoms with Crippen LogP contribution in [0.3, 0.4) is 0 Å². The van der Waals surface area contributed by atoms with Gasteiger partial charge in [-0.25, -0.2) is 0 Å². The quantitative estimate of drug-likeness (QED) is 0.681. The van der Waals surface area contributed by atoms with E-state index in [1.54, 1.807) is 10.7 Å². The fourth-order valence-electron chi connectivity index (χ4n) is 2.63. The molecule has 0 aliphatic heterocycles. The Bertz CT molecular complexity index is 823. The van der Waals surface area contributed by atoms with Gasteiger partial charge in [0, 0.05) is 24.2 Å². The van der Waals surface area contributed by atoms with Crippen LogP contribution in [0.1, 0.15) is 52.3 Å². The van der Waals surface area contributed by atoms with Gasteiger partial charge in [-0.2, -0.15) is 9.61 Å². The number of hydrogen-bond acceptors (Lipinski definition) is 7. The van der Waals surface area contributed by atoms with Crippen LogP contribution in [0.2, 0.25) is 0 Å². The van der Waals surface area contributed by atoms with Crippen molar-refractivity contribution < 1.29 is 0 Å². The van der Waals surface area contributed by atoms with Crippen LogP contribution in [0.5, 0.6) is 0 Å². The highest BCUT2D eigenvalue weighted by Crippen LogP contribution is 2.25. The summed E-state index contributed by atoms with van der Waals surface area (Å²) in [6.07, 6.45) is 3.70. The smallest absolute Gasteiger partial charge is 0.201 e. The van der Waals surface area contributed by atoms with Crippen molar-refractivity contribution in [3.8, 4) is 0 Å². The molecule has 0 radical (unpaired) electrons. The summed E-state index contributed by atoms with van der Waals surface area (Å²) in [6, 6.07) is 6.01. The summed E-state index contributed by atoms with van der Waals surface area (Å²) < 4.78 is 1.80.